The molecular formula is C25H22ClN3O2. The van der Waals surface area contributed by atoms with E-state index in [0.29, 0.717) is 41.0 Å². The zero-order valence-electron chi connectivity index (χ0n) is 16.8. The summed E-state index contributed by atoms with van der Waals surface area (Å²) >= 11 is 6.02. The lowest BCUT2D eigenvalue weighted by Gasteiger charge is -2.20. The zero-order valence-corrected chi connectivity index (χ0v) is 17.6. The lowest BCUT2D eigenvalue weighted by molar-refractivity contribution is -0.121. The van der Waals surface area contributed by atoms with Gasteiger partial charge in [-0.25, -0.2) is 4.98 Å². The monoisotopic (exact) mass is 431 g/mol. The fourth-order valence-corrected chi connectivity index (χ4v) is 3.69. The Balaban J connectivity index is 1.42. The largest absolute Gasteiger partial charge is 0.345 e. The number of halogens is 1. The number of carbonyl (C=O) groups is 1. The van der Waals surface area contributed by atoms with Gasteiger partial charge in [-0.15, -0.1) is 0 Å². The first-order chi connectivity index (χ1) is 15.1. The Bertz CT molecular complexity index is 1240. The Labute approximate surface area is 185 Å². The van der Waals surface area contributed by atoms with E-state index in [1.807, 2.05) is 72.8 Å². The first kappa shape index (κ1) is 20.8. The van der Waals surface area contributed by atoms with Crippen LogP contribution in [0.25, 0.3) is 10.9 Å². The predicted molar refractivity (Wildman–Crippen MR) is 123 cm³/mol. The highest BCUT2D eigenvalue weighted by Crippen LogP contribution is 2.23. The van der Waals surface area contributed by atoms with Crippen molar-refractivity contribution in [3.63, 3.8) is 0 Å². The van der Waals surface area contributed by atoms with Crippen molar-refractivity contribution >= 4 is 28.4 Å². The first-order valence-corrected chi connectivity index (χ1v) is 10.6. The summed E-state index contributed by atoms with van der Waals surface area (Å²) in [6.07, 6.45) is 1.42. The number of aryl methyl sites for hydroxylation is 1. The lowest BCUT2D eigenvalue weighted by atomic mass is 9.98. The van der Waals surface area contributed by atoms with Crippen molar-refractivity contribution in [1.29, 1.82) is 0 Å². The number of aromatic nitrogens is 2. The van der Waals surface area contributed by atoms with Crippen LogP contribution in [0, 0.1) is 0 Å². The van der Waals surface area contributed by atoms with E-state index in [0.717, 1.165) is 11.1 Å². The normalized spacial score (nSPS) is 11.9. The molecule has 3 aromatic carbocycles. The molecule has 1 heterocycles. The Kier molecular flexibility index (Phi) is 6.43. The number of benzene rings is 3. The van der Waals surface area contributed by atoms with Gasteiger partial charge in [-0.3, -0.25) is 9.59 Å². The highest BCUT2D eigenvalue weighted by atomic mass is 35.5. The van der Waals surface area contributed by atoms with Gasteiger partial charge in [-0.05, 0) is 41.8 Å². The minimum Gasteiger partial charge on any atom is -0.345 e. The molecule has 6 heteroatoms. The number of carbonyl (C=O) groups excluding carboxylic acids is 1. The molecule has 0 saturated heterocycles. The van der Waals surface area contributed by atoms with Crippen molar-refractivity contribution in [3.05, 3.63) is 111 Å². The second-order valence-corrected chi connectivity index (χ2v) is 7.78. The van der Waals surface area contributed by atoms with E-state index in [4.69, 9.17) is 11.6 Å². The molecule has 0 bridgehead atoms. The number of aromatic amines is 1. The average Bonchev–Trinajstić information content (AvgIpc) is 2.79. The van der Waals surface area contributed by atoms with Crippen molar-refractivity contribution in [2.45, 2.75) is 25.3 Å². The molecule has 0 aliphatic rings. The maximum atomic E-state index is 12.7. The maximum Gasteiger partial charge on any atom is 0.258 e. The third-order valence-corrected chi connectivity index (χ3v) is 5.37. The van der Waals surface area contributed by atoms with Gasteiger partial charge in [-0.1, -0.05) is 66.2 Å². The Hall–Kier alpha value is -3.44. The van der Waals surface area contributed by atoms with Crippen molar-refractivity contribution < 1.29 is 4.79 Å². The summed E-state index contributed by atoms with van der Waals surface area (Å²) in [5, 5.41) is 4.34. The Morgan fingerprint density at radius 3 is 2.39 bits per heavy atom. The molecular weight excluding hydrogens is 410 g/mol. The molecule has 5 nitrogen and oxygen atoms in total. The minimum atomic E-state index is -0.260. The summed E-state index contributed by atoms with van der Waals surface area (Å²) < 4.78 is 0. The van der Waals surface area contributed by atoms with E-state index in [1.165, 1.54) is 0 Å². The molecule has 1 amide bonds. The fraction of sp³-hybridized carbons (Fsp3) is 0.160. The smallest absolute Gasteiger partial charge is 0.258 e. The van der Waals surface area contributed by atoms with Gasteiger partial charge in [0.2, 0.25) is 5.91 Å². The average molecular weight is 432 g/mol. The highest BCUT2D eigenvalue weighted by Gasteiger charge is 2.17. The van der Waals surface area contributed by atoms with Crippen LogP contribution in [0.3, 0.4) is 0 Å². The zero-order chi connectivity index (χ0) is 21.6. The second kappa shape index (κ2) is 9.58. The van der Waals surface area contributed by atoms with Crippen molar-refractivity contribution in [1.82, 2.24) is 15.3 Å². The first-order valence-electron chi connectivity index (χ1n) is 10.2. The van der Waals surface area contributed by atoms with E-state index in [-0.39, 0.29) is 17.5 Å². The summed E-state index contributed by atoms with van der Waals surface area (Å²) in [6, 6.07) is 24.3. The van der Waals surface area contributed by atoms with Crippen molar-refractivity contribution in [2.24, 2.45) is 0 Å². The number of nitrogens with zero attached hydrogens (tertiary/aromatic N) is 1. The number of hydrogen-bond donors (Lipinski definition) is 2. The Morgan fingerprint density at radius 1 is 0.935 bits per heavy atom. The molecule has 156 valence electrons. The molecule has 0 fully saturated rings. The fourth-order valence-electron chi connectivity index (χ4n) is 3.56. The molecule has 0 radical (unpaired) electrons. The van der Waals surface area contributed by atoms with E-state index in [2.05, 4.69) is 15.3 Å². The summed E-state index contributed by atoms with van der Waals surface area (Å²) in [5.41, 5.74) is 2.47. The van der Waals surface area contributed by atoms with Gasteiger partial charge in [-0.2, -0.15) is 0 Å². The highest BCUT2D eigenvalue weighted by molar-refractivity contribution is 6.30. The van der Waals surface area contributed by atoms with Crippen LogP contribution in [0.1, 0.15) is 35.8 Å². The van der Waals surface area contributed by atoms with Gasteiger partial charge in [0.1, 0.15) is 5.82 Å². The van der Waals surface area contributed by atoms with Gasteiger partial charge < -0.3 is 10.3 Å². The molecule has 4 aromatic rings. The van der Waals surface area contributed by atoms with Crippen LogP contribution in [0.5, 0.6) is 0 Å². The number of rotatable bonds is 7. The summed E-state index contributed by atoms with van der Waals surface area (Å²) in [6.45, 7) is 0. The van der Waals surface area contributed by atoms with E-state index < -0.39 is 0 Å². The molecule has 31 heavy (non-hydrogen) atoms. The lowest BCUT2D eigenvalue weighted by Crippen LogP contribution is -2.29. The van der Waals surface area contributed by atoms with E-state index in [1.54, 1.807) is 6.07 Å². The van der Waals surface area contributed by atoms with Crippen LogP contribution in [0.4, 0.5) is 0 Å². The van der Waals surface area contributed by atoms with Gasteiger partial charge in [0.05, 0.1) is 16.9 Å². The molecule has 2 N–H and O–H groups in total. The maximum absolute atomic E-state index is 12.7. The molecule has 0 aliphatic heterocycles. The topological polar surface area (TPSA) is 74.8 Å². The standard InChI is InChI=1S/C25H22ClN3O2/c26-19-15-13-18(14-16-19)24(17-7-2-1-3-8-17)29-23(30)12-6-11-22-27-21-10-5-4-9-20(21)25(31)28-22/h1-5,7-10,13-16,24H,6,11-12H2,(H,29,30)(H,27,28,31). The van der Waals surface area contributed by atoms with Gasteiger partial charge >= 0.3 is 0 Å². The summed E-state index contributed by atoms with van der Waals surface area (Å²) in [5.74, 6) is 0.528. The third kappa shape index (κ3) is 5.19. The van der Waals surface area contributed by atoms with Crippen LogP contribution in [-0.4, -0.2) is 15.9 Å². The molecule has 0 spiro atoms. The summed E-state index contributed by atoms with van der Waals surface area (Å²) in [4.78, 5) is 32.2. The van der Waals surface area contributed by atoms with E-state index in [9.17, 15) is 9.59 Å². The molecule has 1 aromatic heterocycles. The molecule has 4 rings (SSSR count). The predicted octanol–water partition coefficient (Wildman–Crippen LogP) is 4.81. The molecule has 1 unspecified atom stereocenters. The van der Waals surface area contributed by atoms with Gasteiger partial charge in [0, 0.05) is 17.9 Å². The van der Waals surface area contributed by atoms with Gasteiger partial charge in [0.25, 0.3) is 5.56 Å². The second-order valence-electron chi connectivity index (χ2n) is 7.35. The summed E-state index contributed by atoms with van der Waals surface area (Å²) in [7, 11) is 0. The van der Waals surface area contributed by atoms with E-state index >= 15 is 0 Å². The number of hydrogen-bond acceptors (Lipinski definition) is 3. The number of fused-ring (bicyclic) bond motifs is 1. The van der Waals surface area contributed by atoms with Crippen molar-refractivity contribution in [2.75, 3.05) is 0 Å². The number of nitrogens with one attached hydrogen (secondary N) is 2. The van der Waals surface area contributed by atoms with Crippen LogP contribution in [0.2, 0.25) is 5.02 Å². The Morgan fingerprint density at radius 2 is 1.61 bits per heavy atom. The van der Waals surface area contributed by atoms with Crippen LogP contribution in [0.15, 0.2) is 83.7 Å². The quantitative estimate of drug-likeness (QED) is 0.441. The number of para-hydroxylation sites is 1. The van der Waals surface area contributed by atoms with Crippen LogP contribution >= 0.6 is 11.6 Å². The molecule has 0 saturated carbocycles. The molecule has 0 aliphatic carbocycles. The number of amides is 1. The number of H-pyrrole nitrogens is 1. The third-order valence-electron chi connectivity index (χ3n) is 5.12. The van der Waals surface area contributed by atoms with Gasteiger partial charge in [0.15, 0.2) is 0 Å². The van der Waals surface area contributed by atoms with Crippen LogP contribution < -0.4 is 10.9 Å². The SMILES string of the molecule is O=C(CCCc1nc2ccccc2c(=O)[nH]1)NC(c1ccccc1)c1ccc(Cl)cc1. The minimum absolute atomic E-state index is 0.0630. The molecule has 1 atom stereocenters. The van der Waals surface area contributed by atoms with Crippen LogP contribution in [-0.2, 0) is 11.2 Å². The van der Waals surface area contributed by atoms with Crippen molar-refractivity contribution in [3.8, 4) is 0 Å².